The highest BCUT2D eigenvalue weighted by Gasteiger charge is 2.16. The predicted octanol–water partition coefficient (Wildman–Crippen LogP) is 1.66. The summed E-state index contributed by atoms with van der Waals surface area (Å²) in [6.45, 7) is 3.96. The lowest BCUT2D eigenvalue weighted by molar-refractivity contribution is -0.121. The summed E-state index contributed by atoms with van der Waals surface area (Å²) in [5.74, 6) is -0.0477. The van der Waals surface area contributed by atoms with Crippen LogP contribution in [0.15, 0.2) is 34.9 Å². The predicted molar refractivity (Wildman–Crippen MR) is 108 cm³/mol. The van der Waals surface area contributed by atoms with Crippen LogP contribution in [0, 0.1) is 12.7 Å². The topological polar surface area (TPSA) is 113 Å². The van der Waals surface area contributed by atoms with Gasteiger partial charge >= 0.3 is 0 Å². The highest BCUT2D eigenvalue weighted by atomic mass is 32.2. The normalized spacial score (nSPS) is 11.6. The SMILES string of the molecule is Cc1cc(NC(=O)C(C)SCC(=O)NCCNC(=O)Cc2ccc(F)cc2)no1. The summed E-state index contributed by atoms with van der Waals surface area (Å²) in [7, 11) is 0. The number of benzene rings is 1. The maximum absolute atomic E-state index is 12.8. The van der Waals surface area contributed by atoms with Gasteiger partial charge in [-0.25, -0.2) is 4.39 Å². The molecule has 1 aromatic carbocycles. The Labute approximate surface area is 172 Å². The van der Waals surface area contributed by atoms with Crippen LogP contribution in [0.2, 0.25) is 0 Å². The van der Waals surface area contributed by atoms with E-state index in [0.717, 1.165) is 0 Å². The Kier molecular flexibility index (Phi) is 8.66. The number of amides is 3. The zero-order valence-corrected chi connectivity index (χ0v) is 17.0. The molecule has 156 valence electrons. The lowest BCUT2D eigenvalue weighted by atomic mass is 10.1. The molecular formula is C19H23FN4O4S. The van der Waals surface area contributed by atoms with Crippen molar-refractivity contribution in [2.45, 2.75) is 25.5 Å². The first-order chi connectivity index (χ1) is 13.8. The van der Waals surface area contributed by atoms with E-state index in [1.54, 1.807) is 32.0 Å². The number of halogens is 1. The van der Waals surface area contributed by atoms with Gasteiger partial charge in [0.05, 0.1) is 17.4 Å². The molecule has 2 rings (SSSR count). The van der Waals surface area contributed by atoms with E-state index in [1.807, 2.05) is 0 Å². The van der Waals surface area contributed by atoms with Gasteiger partial charge in [-0.05, 0) is 31.5 Å². The fourth-order valence-corrected chi connectivity index (χ4v) is 2.95. The number of aromatic nitrogens is 1. The molecule has 3 amide bonds. The zero-order chi connectivity index (χ0) is 21.2. The van der Waals surface area contributed by atoms with E-state index < -0.39 is 5.25 Å². The molecule has 0 aliphatic carbocycles. The molecule has 1 atom stereocenters. The molecule has 0 fully saturated rings. The number of thioether (sulfide) groups is 1. The highest BCUT2D eigenvalue weighted by molar-refractivity contribution is 8.01. The van der Waals surface area contributed by atoms with Gasteiger partial charge < -0.3 is 20.5 Å². The number of hydrogen-bond donors (Lipinski definition) is 3. The third kappa shape index (κ3) is 8.34. The Morgan fingerprint density at radius 3 is 2.41 bits per heavy atom. The summed E-state index contributed by atoms with van der Waals surface area (Å²) >= 11 is 1.19. The van der Waals surface area contributed by atoms with Gasteiger partial charge in [-0.1, -0.05) is 17.3 Å². The summed E-state index contributed by atoms with van der Waals surface area (Å²) in [5.41, 5.74) is 0.706. The maximum Gasteiger partial charge on any atom is 0.238 e. The first-order valence-corrected chi connectivity index (χ1v) is 10.0. The first-order valence-electron chi connectivity index (χ1n) is 8.97. The van der Waals surface area contributed by atoms with E-state index in [2.05, 4.69) is 21.1 Å². The second-order valence-corrected chi connectivity index (χ2v) is 7.60. The number of carbonyl (C=O) groups is 3. The van der Waals surface area contributed by atoms with Gasteiger partial charge in [0.1, 0.15) is 11.6 Å². The second-order valence-electron chi connectivity index (χ2n) is 6.27. The van der Waals surface area contributed by atoms with E-state index >= 15 is 0 Å². The van der Waals surface area contributed by atoms with Crippen molar-refractivity contribution in [3.05, 3.63) is 47.5 Å². The van der Waals surface area contributed by atoms with Crippen LogP contribution >= 0.6 is 11.8 Å². The summed E-state index contributed by atoms with van der Waals surface area (Å²) in [6, 6.07) is 7.30. The number of hydrogen-bond acceptors (Lipinski definition) is 6. The Morgan fingerprint density at radius 2 is 1.79 bits per heavy atom. The molecule has 0 aliphatic rings. The zero-order valence-electron chi connectivity index (χ0n) is 16.2. The van der Waals surface area contributed by atoms with Crippen LogP contribution in [0.5, 0.6) is 0 Å². The third-order valence-corrected chi connectivity index (χ3v) is 4.90. The summed E-state index contributed by atoms with van der Waals surface area (Å²) in [6.07, 6.45) is 0.141. The third-order valence-electron chi connectivity index (χ3n) is 3.76. The van der Waals surface area contributed by atoms with Crippen molar-refractivity contribution in [2.75, 3.05) is 24.2 Å². The molecule has 10 heteroatoms. The molecule has 2 aromatic rings. The first kappa shape index (κ1) is 22.4. The van der Waals surface area contributed by atoms with Crippen molar-refractivity contribution >= 4 is 35.3 Å². The van der Waals surface area contributed by atoms with E-state index in [-0.39, 0.29) is 48.8 Å². The molecule has 1 aromatic heterocycles. The standard InChI is InChI=1S/C19H23FN4O4S/c1-12-9-16(24-28-12)23-19(27)13(2)29-11-18(26)22-8-7-21-17(25)10-14-3-5-15(20)6-4-14/h3-6,9,13H,7-8,10-11H2,1-2H3,(H,21,25)(H,22,26)(H,23,24,27). The minimum Gasteiger partial charge on any atom is -0.360 e. The lowest BCUT2D eigenvalue weighted by Crippen LogP contribution is -2.36. The average molecular weight is 422 g/mol. The quantitative estimate of drug-likeness (QED) is 0.502. The van der Waals surface area contributed by atoms with Crippen molar-refractivity contribution in [3.8, 4) is 0 Å². The number of rotatable bonds is 10. The Morgan fingerprint density at radius 1 is 1.14 bits per heavy atom. The Balaban J connectivity index is 1.57. The molecule has 0 bridgehead atoms. The minimum absolute atomic E-state index is 0.107. The van der Waals surface area contributed by atoms with Gasteiger partial charge in [0.2, 0.25) is 17.7 Å². The van der Waals surface area contributed by atoms with Gasteiger partial charge in [0.25, 0.3) is 0 Å². The number of nitrogens with zero attached hydrogens (tertiary/aromatic N) is 1. The summed E-state index contributed by atoms with van der Waals surface area (Å²) in [4.78, 5) is 35.7. The van der Waals surface area contributed by atoms with Crippen molar-refractivity contribution in [1.82, 2.24) is 15.8 Å². The van der Waals surface area contributed by atoms with Crippen molar-refractivity contribution in [3.63, 3.8) is 0 Å². The van der Waals surface area contributed by atoms with Crippen molar-refractivity contribution in [1.29, 1.82) is 0 Å². The van der Waals surface area contributed by atoms with E-state index in [4.69, 9.17) is 4.52 Å². The van der Waals surface area contributed by atoms with Crippen LogP contribution in [0.3, 0.4) is 0 Å². The lowest BCUT2D eigenvalue weighted by Gasteiger charge is -2.11. The Bertz CT molecular complexity index is 841. The molecule has 29 heavy (non-hydrogen) atoms. The maximum atomic E-state index is 12.8. The molecule has 1 unspecified atom stereocenters. The van der Waals surface area contributed by atoms with Gasteiger partial charge in [-0.3, -0.25) is 14.4 Å². The van der Waals surface area contributed by atoms with Gasteiger partial charge in [0, 0.05) is 19.2 Å². The Hall–Kier alpha value is -2.88. The largest absolute Gasteiger partial charge is 0.360 e. The molecule has 0 radical (unpaired) electrons. The van der Waals surface area contributed by atoms with Crippen LogP contribution in [-0.2, 0) is 20.8 Å². The van der Waals surface area contributed by atoms with Gasteiger partial charge in [-0.15, -0.1) is 11.8 Å². The van der Waals surface area contributed by atoms with Gasteiger partial charge in [0.15, 0.2) is 5.82 Å². The fourth-order valence-electron chi connectivity index (χ4n) is 2.23. The molecule has 8 nitrogen and oxygen atoms in total. The van der Waals surface area contributed by atoms with Crippen molar-refractivity contribution in [2.24, 2.45) is 0 Å². The molecule has 0 saturated heterocycles. The number of anilines is 1. The number of aryl methyl sites for hydroxylation is 1. The summed E-state index contributed by atoms with van der Waals surface area (Å²) < 4.78 is 17.7. The van der Waals surface area contributed by atoms with Crippen LogP contribution < -0.4 is 16.0 Å². The molecular weight excluding hydrogens is 399 g/mol. The second kappa shape index (κ2) is 11.2. The van der Waals surface area contributed by atoms with E-state index in [1.165, 1.54) is 23.9 Å². The molecule has 0 saturated carbocycles. The number of nitrogens with one attached hydrogen (secondary N) is 3. The summed E-state index contributed by atoms with van der Waals surface area (Å²) in [5, 5.41) is 11.2. The van der Waals surface area contributed by atoms with E-state index in [9.17, 15) is 18.8 Å². The van der Waals surface area contributed by atoms with E-state index in [0.29, 0.717) is 17.1 Å². The number of carbonyl (C=O) groups excluding carboxylic acids is 3. The monoisotopic (exact) mass is 422 g/mol. The van der Waals surface area contributed by atoms with Crippen LogP contribution in [-0.4, -0.2) is 47.0 Å². The highest BCUT2D eigenvalue weighted by Crippen LogP contribution is 2.14. The molecule has 0 aliphatic heterocycles. The molecule has 1 heterocycles. The van der Waals surface area contributed by atoms with Gasteiger partial charge in [-0.2, -0.15) is 0 Å². The minimum atomic E-state index is -0.451. The fraction of sp³-hybridized carbons (Fsp3) is 0.368. The smallest absolute Gasteiger partial charge is 0.238 e. The molecule has 3 N–H and O–H groups in total. The van der Waals surface area contributed by atoms with Crippen LogP contribution in [0.4, 0.5) is 10.2 Å². The molecule has 0 spiro atoms. The van der Waals surface area contributed by atoms with Crippen molar-refractivity contribution < 1.29 is 23.3 Å². The average Bonchev–Trinajstić information content (AvgIpc) is 3.09. The van der Waals surface area contributed by atoms with Crippen LogP contribution in [0.25, 0.3) is 0 Å². The van der Waals surface area contributed by atoms with Crippen LogP contribution in [0.1, 0.15) is 18.2 Å².